The van der Waals surface area contributed by atoms with Gasteiger partial charge in [-0.3, -0.25) is 4.90 Å². The molecule has 1 aromatic rings. The Kier molecular flexibility index (Phi) is 4.11. The van der Waals surface area contributed by atoms with Crippen LogP contribution in [0.1, 0.15) is 25.4 Å². The SMILES string of the molecule is Cc1cc(NN)nc(CN2CC(C)OCC2C)n1. The van der Waals surface area contributed by atoms with E-state index in [0.29, 0.717) is 11.9 Å². The van der Waals surface area contributed by atoms with Crippen molar-refractivity contribution in [2.45, 2.75) is 39.5 Å². The molecule has 0 saturated carbocycles. The lowest BCUT2D eigenvalue weighted by molar-refractivity contribution is -0.0534. The van der Waals surface area contributed by atoms with Crippen LogP contribution in [0, 0.1) is 6.92 Å². The quantitative estimate of drug-likeness (QED) is 0.608. The topological polar surface area (TPSA) is 76.3 Å². The van der Waals surface area contributed by atoms with Gasteiger partial charge < -0.3 is 10.2 Å². The van der Waals surface area contributed by atoms with Crippen LogP contribution in [-0.4, -0.2) is 40.2 Å². The van der Waals surface area contributed by atoms with Gasteiger partial charge in [0.25, 0.3) is 0 Å². The Balaban J connectivity index is 2.10. The molecule has 0 radical (unpaired) electrons. The number of anilines is 1. The van der Waals surface area contributed by atoms with E-state index in [1.165, 1.54) is 0 Å². The second-order valence-corrected chi connectivity index (χ2v) is 4.88. The van der Waals surface area contributed by atoms with Crippen LogP contribution in [0.3, 0.4) is 0 Å². The van der Waals surface area contributed by atoms with E-state index in [9.17, 15) is 0 Å². The second kappa shape index (κ2) is 5.60. The molecule has 2 unspecified atom stereocenters. The maximum Gasteiger partial charge on any atom is 0.145 e. The van der Waals surface area contributed by atoms with Crippen LogP contribution in [0.2, 0.25) is 0 Å². The first kappa shape index (κ1) is 13.2. The molecule has 0 aliphatic carbocycles. The average molecular weight is 251 g/mol. The number of morpholine rings is 1. The Labute approximate surface area is 108 Å². The zero-order valence-corrected chi connectivity index (χ0v) is 11.2. The molecule has 1 aromatic heterocycles. The zero-order valence-electron chi connectivity index (χ0n) is 11.2. The third kappa shape index (κ3) is 3.16. The van der Waals surface area contributed by atoms with Crippen LogP contribution in [0.5, 0.6) is 0 Å². The second-order valence-electron chi connectivity index (χ2n) is 4.88. The van der Waals surface area contributed by atoms with E-state index in [2.05, 4.69) is 34.1 Å². The molecular formula is C12H21N5O. The summed E-state index contributed by atoms with van der Waals surface area (Å²) in [4.78, 5) is 11.2. The van der Waals surface area contributed by atoms with E-state index in [-0.39, 0.29) is 6.10 Å². The minimum absolute atomic E-state index is 0.262. The highest BCUT2D eigenvalue weighted by Crippen LogP contribution is 2.14. The molecule has 2 heterocycles. The summed E-state index contributed by atoms with van der Waals surface area (Å²) in [5, 5.41) is 0. The van der Waals surface area contributed by atoms with Crippen molar-refractivity contribution < 1.29 is 4.74 Å². The van der Waals surface area contributed by atoms with Gasteiger partial charge in [0, 0.05) is 24.3 Å². The molecule has 100 valence electrons. The molecule has 6 heteroatoms. The van der Waals surface area contributed by atoms with E-state index in [1.54, 1.807) is 0 Å². The van der Waals surface area contributed by atoms with Gasteiger partial charge in [-0.2, -0.15) is 0 Å². The number of hydrazine groups is 1. The minimum Gasteiger partial charge on any atom is -0.376 e. The molecule has 1 fully saturated rings. The van der Waals surface area contributed by atoms with E-state index in [1.807, 2.05) is 13.0 Å². The van der Waals surface area contributed by atoms with Crippen LogP contribution in [0.15, 0.2) is 6.07 Å². The van der Waals surface area contributed by atoms with Crippen molar-refractivity contribution in [2.24, 2.45) is 5.84 Å². The first-order valence-corrected chi connectivity index (χ1v) is 6.25. The summed E-state index contributed by atoms with van der Waals surface area (Å²) < 4.78 is 5.61. The van der Waals surface area contributed by atoms with Crippen molar-refractivity contribution in [1.29, 1.82) is 0 Å². The number of rotatable bonds is 3. The van der Waals surface area contributed by atoms with Gasteiger partial charge >= 0.3 is 0 Å². The predicted molar refractivity (Wildman–Crippen MR) is 69.9 cm³/mol. The number of nitrogens with two attached hydrogens (primary N) is 1. The van der Waals surface area contributed by atoms with Crippen molar-refractivity contribution in [2.75, 3.05) is 18.6 Å². The number of aromatic nitrogens is 2. The molecule has 1 aliphatic heterocycles. The molecule has 0 amide bonds. The van der Waals surface area contributed by atoms with Gasteiger partial charge in [-0.05, 0) is 20.8 Å². The van der Waals surface area contributed by atoms with E-state index < -0.39 is 0 Å². The summed E-state index contributed by atoms with van der Waals surface area (Å²) >= 11 is 0. The van der Waals surface area contributed by atoms with E-state index in [0.717, 1.165) is 31.2 Å². The van der Waals surface area contributed by atoms with Crippen LogP contribution in [0.25, 0.3) is 0 Å². The third-order valence-corrected chi connectivity index (χ3v) is 3.13. The van der Waals surface area contributed by atoms with Gasteiger partial charge in [0.15, 0.2) is 0 Å². The van der Waals surface area contributed by atoms with Crippen molar-refractivity contribution >= 4 is 5.82 Å². The summed E-state index contributed by atoms with van der Waals surface area (Å²) in [6, 6.07) is 2.22. The average Bonchev–Trinajstić information content (AvgIpc) is 2.33. The normalized spacial score (nSPS) is 25.1. The van der Waals surface area contributed by atoms with E-state index >= 15 is 0 Å². The number of nitrogens with zero attached hydrogens (tertiary/aromatic N) is 3. The Bertz CT molecular complexity index is 411. The minimum atomic E-state index is 0.262. The number of hydrogen-bond acceptors (Lipinski definition) is 6. The standard InChI is InChI=1S/C12H21N5O/c1-8-4-11(16-13)15-12(14-8)6-17-5-10(3)18-7-9(17)2/h4,9-10H,5-7,13H2,1-3H3,(H,14,15,16). The number of nitrogens with one attached hydrogen (secondary N) is 1. The van der Waals surface area contributed by atoms with Gasteiger partial charge in [0.1, 0.15) is 11.6 Å². The van der Waals surface area contributed by atoms with Crippen molar-refractivity contribution in [3.8, 4) is 0 Å². The Morgan fingerprint density at radius 3 is 3.00 bits per heavy atom. The molecule has 0 spiro atoms. The van der Waals surface area contributed by atoms with Gasteiger partial charge in [-0.15, -0.1) is 0 Å². The summed E-state index contributed by atoms with van der Waals surface area (Å²) in [5.74, 6) is 6.85. The number of hydrogen-bond donors (Lipinski definition) is 2. The number of aryl methyl sites for hydroxylation is 1. The fourth-order valence-corrected chi connectivity index (χ4v) is 2.15. The van der Waals surface area contributed by atoms with Gasteiger partial charge in [0.05, 0.1) is 19.3 Å². The van der Waals surface area contributed by atoms with Crippen molar-refractivity contribution in [3.05, 3.63) is 17.6 Å². The highest BCUT2D eigenvalue weighted by atomic mass is 16.5. The van der Waals surface area contributed by atoms with Gasteiger partial charge in [0.2, 0.25) is 0 Å². The zero-order chi connectivity index (χ0) is 13.1. The predicted octanol–water partition coefficient (Wildman–Crippen LogP) is 0.680. The lowest BCUT2D eigenvalue weighted by atomic mass is 10.2. The number of nitrogen functional groups attached to an aromatic ring is 1. The number of ether oxygens (including phenoxy) is 1. The summed E-state index contributed by atoms with van der Waals surface area (Å²) in [6.45, 7) is 8.58. The summed E-state index contributed by atoms with van der Waals surface area (Å²) in [5.41, 5.74) is 3.49. The molecule has 1 saturated heterocycles. The van der Waals surface area contributed by atoms with Crippen LogP contribution < -0.4 is 11.3 Å². The lowest BCUT2D eigenvalue weighted by Crippen LogP contribution is -2.46. The maximum atomic E-state index is 5.61. The summed E-state index contributed by atoms with van der Waals surface area (Å²) in [6.07, 6.45) is 0.262. The van der Waals surface area contributed by atoms with Gasteiger partial charge in [-0.1, -0.05) is 0 Å². The van der Waals surface area contributed by atoms with Crippen LogP contribution in [0.4, 0.5) is 5.82 Å². The van der Waals surface area contributed by atoms with Crippen molar-refractivity contribution in [3.63, 3.8) is 0 Å². The third-order valence-electron chi connectivity index (χ3n) is 3.13. The van der Waals surface area contributed by atoms with E-state index in [4.69, 9.17) is 10.6 Å². The van der Waals surface area contributed by atoms with Gasteiger partial charge in [-0.25, -0.2) is 15.8 Å². The molecule has 2 atom stereocenters. The Morgan fingerprint density at radius 2 is 2.28 bits per heavy atom. The Morgan fingerprint density at radius 1 is 1.50 bits per heavy atom. The molecular weight excluding hydrogens is 230 g/mol. The summed E-state index contributed by atoms with van der Waals surface area (Å²) in [7, 11) is 0. The molecule has 6 nitrogen and oxygen atoms in total. The molecule has 0 bridgehead atoms. The molecule has 2 rings (SSSR count). The monoisotopic (exact) mass is 251 g/mol. The molecule has 1 aliphatic rings. The molecule has 3 N–H and O–H groups in total. The first-order chi connectivity index (χ1) is 8.58. The smallest absolute Gasteiger partial charge is 0.145 e. The Hall–Kier alpha value is -1.24. The lowest BCUT2D eigenvalue weighted by Gasteiger charge is -2.36. The largest absolute Gasteiger partial charge is 0.376 e. The highest BCUT2D eigenvalue weighted by Gasteiger charge is 2.24. The fourth-order valence-electron chi connectivity index (χ4n) is 2.15. The van der Waals surface area contributed by atoms with Crippen molar-refractivity contribution in [1.82, 2.24) is 14.9 Å². The molecule has 0 aromatic carbocycles. The highest BCUT2D eigenvalue weighted by molar-refractivity contribution is 5.33. The first-order valence-electron chi connectivity index (χ1n) is 6.25. The van der Waals surface area contributed by atoms with Crippen LogP contribution >= 0.6 is 0 Å². The maximum absolute atomic E-state index is 5.61. The van der Waals surface area contributed by atoms with Crippen LogP contribution in [-0.2, 0) is 11.3 Å². The molecule has 18 heavy (non-hydrogen) atoms. The fraction of sp³-hybridized carbons (Fsp3) is 0.667.